The lowest BCUT2D eigenvalue weighted by atomic mass is 10.2. The van der Waals surface area contributed by atoms with Crippen LogP contribution in [-0.2, 0) is 0 Å². The highest BCUT2D eigenvalue weighted by molar-refractivity contribution is 5.79. The van der Waals surface area contributed by atoms with Crippen LogP contribution in [0.5, 0.6) is 0 Å². The van der Waals surface area contributed by atoms with E-state index in [0.29, 0.717) is 12.3 Å². The molecule has 5 heteroatoms. The van der Waals surface area contributed by atoms with E-state index in [2.05, 4.69) is 17.0 Å². The Balaban J connectivity index is 3.58. The van der Waals surface area contributed by atoms with Gasteiger partial charge in [-0.2, -0.15) is 0 Å². The highest BCUT2D eigenvalue weighted by Gasteiger charge is 2.03. The first-order valence-corrected chi connectivity index (χ1v) is 6.04. The van der Waals surface area contributed by atoms with Crippen molar-refractivity contribution in [1.82, 2.24) is 4.90 Å². The second kappa shape index (κ2) is 10.7. The minimum absolute atomic E-state index is 0.212. The van der Waals surface area contributed by atoms with Gasteiger partial charge in [0.15, 0.2) is 0 Å². The molecule has 0 aliphatic rings. The van der Waals surface area contributed by atoms with E-state index in [1.54, 1.807) is 0 Å². The maximum Gasteiger partial charge on any atom is 0.139 e. The molecule has 0 aromatic rings. The molecule has 0 bridgehead atoms. The van der Waals surface area contributed by atoms with Gasteiger partial charge in [-0.25, -0.2) is 0 Å². The number of aliphatic hydroxyl groups is 1. The van der Waals surface area contributed by atoms with E-state index in [9.17, 15) is 0 Å². The maximum atomic E-state index is 8.90. The van der Waals surface area contributed by atoms with Crippen LogP contribution < -0.4 is 5.73 Å². The van der Waals surface area contributed by atoms with Gasteiger partial charge >= 0.3 is 0 Å². The summed E-state index contributed by atoms with van der Waals surface area (Å²) in [6.07, 6.45) is 4.91. The van der Waals surface area contributed by atoms with Gasteiger partial charge in [0, 0.05) is 13.0 Å². The second-order valence-electron chi connectivity index (χ2n) is 3.97. The van der Waals surface area contributed by atoms with Gasteiger partial charge in [-0.05, 0) is 32.4 Å². The van der Waals surface area contributed by atoms with E-state index in [0.717, 1.165) is 32.5 Å². The summed E-state index contributed by atoms with van der Waals surface area (Å²) >= 11 is 0. The third kappa shape index (κ3) is 8.49. The highest BCUT2D eigenvalue weighted by Crippen LogP contribution is 2.01. The molecule has 4 N–H and O–H groups in total. The molecular weight excluding hydrogens is 206 g/mol. The van der Waals surface area contributed by atoms with Crippen molar-refractivity contribution in [3.8, 4) is 0 Å². The van der Waals surface area contributed by atoms with Gasteiger partial charge in [0.2, 0.25) is 0 Å². The highest BCUT2D eigenvalue weighted by atomic mass is 16.4. The maximum absolute atomic E-state index is 8.90. The summed E-state index contributed by atoms with van der Waals surface area (Å²) in [4.78, 5) is 2.26. The Bertz CT molecular complexity index is 186. The van der Waals surface area contributed by atoms with Crippen LogP contribution in [0.1, 0.15) is 39.0 Å². The smallest absolute Gasteiger partial charge is 0.139 e. The van der Waals surface area contributed by atoms with Crippen LogP contribution in [0, 0.1) is 0 Å². The zero-order chi connectivity index (χ0) is 12.2. The Morgan fingerprint density at radius 1 is 1.19 bits per heavy atom. The Labute approximate surface area is 97.9 Å². The van der Waals surface area contributed by atoms with Gasteiger partial charge in [0.05, 0.1) is 6.61 Å². The fraction of sp³-hybridized carbons (Fsp3) is 0.909. The molecule has 0 spiro atoms. The summed E-state index contributed by atoms with van der Waals surface area (Å²) in [7, 11) is 0. The fourth-order valence-corrected chi connectivity index (χ4v) is 1.55. The molecule has 0 radical (unpaired) electrons. The van der Waals surface area contributed by atoms with Crippen LogP contribution in [0.25, 0.3) is 0 Å². The topological polar surface area (TPSA) is 82.1 Å². The predicted molar refractivity (Wildman–Crippen MR) is 65.7 cm³/mol. The Morgan fingerprint density at radius 2 is 1.88 bits per heavy atom. The summed E-state index contributed by atoms with van der Waals surface area (Å²) in [6.45, 7) is 5.13. The number of unbranched alkanes of at least 4 members (excludes halogenated alkanes) is 2. The van der Waals surface area contributed by atoms with E-state index < -0.39 is 0 Å². The first-order chi connectivity index (χ1) is 7.74. The SMILES string of the molecule is CCCCN(CCO)CCCCC(N)=NO. The molecule has 0 aliphatic carbocycles. The van der Waals surface area contributed by atoms with Crippen molar-refractivity contribution in [3.63, 3.8) is 0 Å². The average Bonchev–Trinajstić information content (AvgIpc) is 2.30. The summed E-state index contributed by atoms with van der Waals surface area (Å²) in [6, 6.07) is 0. The summed E-state index contributed by atoms with van der Waals surface area (Å²) < 4.78 is 0. The van der Waals surface area contributed by atoms with E-state index >= 15 is 0 Å². The van der Waals surface area contributed by atoms with Gasteiger partial charge in [0.1, 0.15) is 5.84 Å². The van der Waals surface area contributed by atoms with E-state index in [1.807, 2.05) is 0 Å². The van der Waals surface area contributed by atoms with Gasteiger partial charge in [-0.3, -0.25) is 0 Å². The van der Waals surface area contributed by atoms with Crippen LogP contribution >= 0.6 is 0 Å². The quantitative estimate of drug-likeness (QED) is 0.172. The van der Waals surface area contributed by atoms with Crippen molar-refractivity contribution in [2.24, 2.45) is 10.9 Å². The molecule has 0 saturated carbocycles. The largest absolute Gasteiger partial charge is 0.409 e. The molecule has 0 amide bonds. The van der Waals surface area contributed by atoms with Crippen molar-refractivity contribution in [1.29, 1.82) is 0 Å². The monoisotopic (exact) mass is 231 g/mol. The molecule has 0 aliphatic heterocycles. The average molecular weight is 231 g/mol. The Morgan fingerprint density at radius 3 is 2.44 bits per heavy atom. The minimum atomic E-state index is 0.212. The van der Waals surface area contributed by atoms with Crippen LogP contribution in [0.4, 0.5) is 0 Å². The van der Waals surface area contributed by atoms with E-state index in [-0.39, 0.29) is 6.61 Å². The molecule has 16 heavy (non-hydrogen) atoms. The van der Waals surface area contributed by atoms with Crippen molar-refractivity contribution in [2.45, 2.75) is 39.0 Å². The van der Waals surface area contributed by atoms with Crippen molar-refractivity contribution in [2.75, 3.05) is 26.2 Å². The zero-order valence-corrected chi connectivity index (χ0v) is 10.2. The molecule has 0 rings (SSSR count). The minimum Gasteiger partial charge on any atom is -0.409 e. The van der Waals surface area contributed by atoms with Gasteiger partial charge < -0.3 is 20.9 Å². The molecule has 0 aromatic heterocycles. The Hall–Kier alpha value is -0.810. The van der Waals surface area contributed by atoms with Crippen LogP contribution in [0.15, 0.2) is 5.16 Å². The van der Waals surface area contributed by atoms with Gasteiger partial charge in [-0.15, -0.1) is 0 Å². The molecular formula is C11H25N3O2. The van der Waals surface area contributed by atoms with Gasteiger partial charge in [-0.1, -0.05) is 18.5 Å². The van der Waals surface area contributed by atoms with Crippen molar-refractivity contribution < 1.29 is 10.3 Å². The van der Waals surface area contributed by atoms with Crippen LogP contribution in [0.3, 0.4) is 0 Å². The number of hydrogen-bond acceptors (Lipinski definition) is 4. The first-order valence-electron chi connectivity index (χ1n) is 6.04. The number of aliphatic hydroxyl groups excluding tert-OH is 1. The van der Waals surface area contributed by atoms with E-state index in [4.69, 9.17) is 16.0 Å². The molecule has 0 heterocycles. The van der Waals surface area contributed by atoms with Crippen molar-refractivity contribution >= 4 is 5.84 Å². The molecule has 0 aromatic carbocycles. The lowest BCUT2D eigenvalue weighted by Gasteiger charge is -2.20. The standard InChI is InChI=1S/C11H25N3O2/c1-2-3-7-14(9-10-15)8-5-4-6-11(12)13-16/h15-16H,2-10H2,1H3,(H2,12,13). The zero-order valence-electron chi connectivity index (χ0n) is 10.2. The normalized spacial score (nSPS) is 12.3. The third-order valence-corrected chi connectivity index (χ3v) is 2.53. The first kappa shape index (κ1) is 15.2. The number of nitrogens with two attached hydrogens (primary N) is 1. The molecule has 96 valence electrons. The number of nitrogens with zero attached hydrogens (tertiary/aromatic N) is 2. The molecule has 0 unspecified atom stereocenters. The van der Waals surface area contributed by atoms with Gasteiger partial charge in [0.25, 0.3) is 0 Å². The van der Waals surface area contributed by atoms with Crippen LogP contribution in [-0.4, -0.2) is 47.3 Å². The number of hydrogen-bond donors (Lipinski definition) is 3. The number of amidine groups is 1. The third-order valence-electron chi connectivity index (χ3n) is 2.53. The lowest BCUT2D eigenvalue weighted by molar-refractivity contribution is 0.192. The molecule has 5 nitrogen and oxygen atoms in total. The van der Waals surface area contributed by atoms with Crippen LogP contribution in [0.2, 0.25) is 0 Å². The predicted octanol–water partition coefficient (Wildman–Crippen LogP) is 0.997. The summed E-state index contributed by atoms with van der Waals surface area (Å²) in [5, 5.41) is 20.2. The molecule has 0 atom stereocenters. The van der Waals surface area contributed by atoms with Crippen molar-refractivity contribution in [3.05, 3.63) is 0 Å². The molecule has 0 saturated heterocycles. The Kier molecular flexibility index (Phi) is 10.2. The second-order valence-corrected chi connectivity index (χ2v) is 3.97. The number of rotatable bonds is 10. The summed E-state index contributed by atoms with van der Waals surface area (Å²) in [5.41, 5.74) is 5.38. The number of oxime groups is 1. The molecule has 0 fully saturated rings. The lowest BCUT2D eigenvalue weighted by Crippen LogP contribution is -2.29. The summed E-state index contributed by atoms with van der Waals surface area (Å²) in [5.74, 6) is 0.294. The fourth-order valence-electron chi connectivity index (χ4n) is 1.55. The van der Waals surface area contributed by atoms with E-state index in [1.165, 1.54) is 12.8 Å².